The molecule has 2 rings (SSSR count). The first-order chi connectivity index (χ1) is 12.5. The third-order valence-electron chi connectivity index (χ3n) is 3.84. The van der Waals surface area contributed by atoms with Crippen molar-refractivity contribution in [3.8, 4) is 0 Å². The summed E-state index contributed by atoms with van der Waals surface area (Å²) in [5.41, 5.74) is 1.17. The highest BCUT2D eigenvalue weighted by atomic mass is 16.6. The van der Waals surface area contributed by atoms with Crippen molar-refractivity contribution in [3.05, 3.63) is 75.8 Å². The maximum Gasteiger partial charge on any atom is 0.270 e. The lowest BCUT2D eigenvalue weighted by Gasteiger charge is -2.14. The van der Waals surface area contributed by atoms with Gasteiger partial charge in [-0.3, -0.25) is 19.7 Å². The van der Waals surface area contributed by atoms with Gasteiger partial charge in [-0.05, 0) is 31.4 Å². The molecule has 2 aromatic carbocycles. The first-order valence-electron chi connectivity index (χ1n) is 8.31. The van der Waals surface area contributed by atoms with Crippen LogP contribution in [-0.4, -0.2) is 29.3 Å². The molecule has 0 bridgehead atoms. The topological polar surface area (TPSA) is 101 Å². The molecule has 0 aromatic heterocycles. The normalized spacial score (nSPS) is 11.4. The summed E-state index contributed by atoms with van der Waals surface area (Å²) in [5, 5.41) is 16.0. The first-order valence-corrected chi connectivity index (χ1v) is 8.31. The molecule has 0 aliphatic rings. The maximum absolute atomic E-state index is 12.0. The Labute approximate surface area is 151 Å². The molecule has 0 heterocycles. The number of nitrogens with one attached hydrogen (secondary N) is 2. The van der Waals surface area contributed by atoms with Crippen molar-refractivity contribution in [1.82, 2.24) is 10.6 Å². The minimum absolute atomic E-state index is 0.0302. The SMILES string of the molecule is CC(CCc1ccccc1)NC(=O)CNC(=O)c1cccc([N+](=O)[O-])c1. The van der Waals surface area contributed by atoms with E-state index in [0.717, 1.165) is 12.8 Å². The number of benzene rings is 2. The van der Waals surface area contributed by atoms with Gasteiger partial charge in [0.25, 0.3) is 11.6 Å². The highest BCUT2D eigenvalue weighted by Gasteiger charge is 2.13. The van der Waals surface area contributed by atoms with Crippen molar-refractivity contribution in [3.63, 3.8) is 0 Å². The summed E-state index contributed by atoms with van der Waals surface area (Å²) >= 11 is 0. The number of hydrogen-bond donors (Lipinski definition) is 2. The third-order valence-corrected chi connectivity index (χ3v) is 3.84. The minimum atomic E-state index is -0.572. The number of rotatable bonds is 8. The van der Waals surface area contributed by atoms with Crippen molar-refractivity contribution >= 4 is 17.5 Å². The van der Waals surface area contributed by atoms with Crippen LogP contribution in [0.25, 0.3) is 0 Å². The summed E-state index contributed by atoms with van der Waals surface area (Å²) < 4.78 is 0. The number of aryl methyl sites for hydroxylation is 1. The molecule has 26 heavy (non-hydrogen) atoms. The van der Waals surface area contributed by atoms with E-state index < -0.39 is 10.8 Å². The van der Waals surface area contributed by atoms with Crippen molar-refractivity contribution < 1.29 is 14.5 Å². The molecule has 0 saturated carbocycles. The van der Waals surface area contributed by atoms with Gasteiger partial charge in [0.1, 0.15) is 0 Å². The van der Waals surface area contributed by atoms with E-state index in [-0.39, 0.29) is 29.7 Å². The van der Waals surface area contributed by atoms with E-state index in [0.29, 0.717) is 0 Å². The van der Waals surface area contributed by atoms with Gasteiger partial charge in [0.2, 0.25) is 5.91 Å². The first kappa shape index (κ1) is 19.1. The predicted molar refractivity (Wildman–Crippen MR) is 97.8 cm³/mol. The second-order valence-corrected chi connectivity index (χ2v) is 5.98. The van der Waals surface area contributed by atoms with Crippen molar-refractivity contribution in [2.24, 2.45) is 0 Å². The van der Waals surface area contributed by atoms with Gasteiger partial charge in [0, 0.05) is 23.7 Å². The summed E-state index contributed by atoms with van der Waals surface area (Å²) in [4.78, 5) is 34.1. The van der Waals surface area contributed by atoms with E-state index in [9.17, 15) is 19.7 Å². The molecule has 2 N–H and O–H groups in total. The van der Waals surface area contributed by atoms with Crippen LogP contribution in [0.3, 0.4) is 0 Å². The standard InChI is InChI=1S/C19H21N3O4/c1-14(10-11-15-6-3-2-4-7-15)21-18(23)13-20-19(24)16-8-5-9-17(12-16)22(25)26/h2-9,12,14H,10-11,13H2,1H3,(H,20,24)(H,21,23). The Balaban J connectivity index is 1.76. The molecule has 0 spiro atoms. The monoisotopic (exact) mass is 355 g/mol. The lowest BCUT2D eigenvalue weighted by molar-refractivity contribution is -0.384. The summed E-state index contributed by atoms with van der Waals surface area (Å²) in [6.45, 7) is 1.72. The Morgan fingerprint density at radius 1 is 1.12 bits per heavy atom. The summed E-state index contributed by atoms with van der Waals surface area (Å²) in [7, 11) is 0. The predicted octanol–water partition coefficient (Wildman–Crippen LogP) is 2.46. The molecule has 0 aliphatic carbocycles. The second kappa shape index (κ2) is 9.31. The summed E-state index contributed by atoms with van der Waals surface area (Å²) in [5.74, 6) is -0.829. The van der Waals surface area contributed by atoms with E-state index in [1.54, 1.807) is 0 Å². The fourth-order valence-electron chi connectivity index (χ4n) is 2.45. The van der Waals surface area contributed by atoms with Crippen LogP contribution < -0.4 is 10.6 Å². The quantitative estimate of drug-likeness (QED) is 0.561. The van der Waals surface area contributed by atoms with Gasteiger partial charge in [-0.2, -0.15) is 0 Å². The average Bonchev–Trinajstić information content (AvgIpc) is 2.65. The van der Waals surface area contributed by atoms with Crippen LogP contribution in [0.2, 0.25) is 0 Å². The van der Waals surface area contributed by atoms with Gasteiger partial charge in [0.15, 0.2) is 0 Å². The number of nitrogens with zero attached hydrogens (tertiary/aromatic N) is 1. The molecular formula is C19H21N3O4. The van der Waals surface area contributed by atoms with E-state index in [4.69, 9.17) is 0 Å². The van der Waals surface area contributed by atoms with Crippen LogP contribution in [-0.2, 0) is 11.2 Å². The Kier molecular flexibility index (Phi) is 6.84. The highest BCUT2D eigenvalue weighted by Crippen LogP contribution is 2.12. The molecule has 7 nitrogen and oxygen atoms in total. The highest BCUT2D eigenvalue weighted by molar-refractivity contribution is 5.96. The van der Waals surface area contributed by atoms with Crippen LogP contribution in [0.1, 0.15) is 29.3 Å². The number of amides is 2. The summed E-state index contributed by atoms with van der Waals surface area (Å²) in [6.07, 6.45) is 1.64. The number of nitro benzene ring substituents is 1. The maximum atomic E-state index is 12.0. The lowest BCUT2D eigenvalue weighted by atomic mass is 10.1. The smallest absolute Gasteiger partial charge is 0.270 e. The largest absolute Gasteiger partial charge is 0.352 e. The Morgan fingerprint density at radius 2 is 1.85 bits per heavy atom. The summed E-state index contributed by atoms with van der Waals surface area (Å²) in [6, 6.07) is 15.3. The van der Waals surface area contributed by atoms with Gasteiger partial charge in [-0.15, -0.1) is 0 Å². The lowest BCUT2D eigenvalue weighted by Crippen LogP contribution is -2.41. The van der Waals surface area contributed by atoms with Crippen LogP contribution in [0.5, 0.6) is 0 Å². The number of non-ortho nitro benzene ring substituents is 1. The van der Waals surface area contributed by atoms with Gasteiger partial charge in [0.05, 0.1) is 11.5 Å². The second-order valence-electron chi connectivity index (χ2n) is 5.98. The van der Waals surface area contributed by atoms with Gasteiger partial charge >= 0.3 is 0 Å². The molecular weight excluding hydrogens is 334 g/mol. The molecule has 0 aliphatic heterocycles. The molecule has 2 amide bonds. The number of carbonyl (C=O) groups excluding carboxylic acids is 2. The average molecular weight is 355 g/mol. The molecule has 7 heteroatoms. The van der Waals surface area contributed by atoms with Crippen molar-refractivity contribution in [2.45, 2.75) is 25.8 Å². The zero-order chi connectivity index (χ0) is 18.9. The minimum Gasteiger partial charge on any atom is -0.352 e. The third kappa shape index (κ3) is 6.01. The molecule has 2 aromatic rings. The van der Waals surface area contributed by atoms with Crippen LogP contribution in [0.4, 0.5) is 5.69 Å². The number of carbonyl (C=O) groups is 2. The van der Waals surface area contributed by atoms with Crippen molar-refractivity contribution in [2.75, 3.05) is 6.54 Å². The van der Waals surface area contributed by atoms with Crippen LogP contribution in [0.15, 0.2) is 54.6 Å². The van der Waals surface area contributed by atoms with E-state index in [2.05, 4.69) is 10.6 Å². The van der Waals surface area contributed by atoms with E-state index in [1.165, 1.54) is 29.8 Å². The van der Waals surface area contributed by atoms with Gasteiger partial charge < -0.3 is 10.6 Å². The van der Waals surface area contributed by atoms with Gasteiger partial charge in [-0.25, -0.2) is 0 Å². The van der Waals surface area contributed by atoms with Crippen LogP contribution in [0, 0.1) is 10.1 Å². The Morgan fingerprint density at radius 3 is 2.54 bits per heavy atom. The van der Waals surface area contributed by atoms with Crippen LogP contribution >= 0.6 is 0 Å². The Bertz CT molecular complexity index is 777. The number of nitro groups is 1. The molecule has 136 valence electrons. The molecule has 0 radical (unpaired) electrons. The number of hydrogen-bond acceptors (Lipinski definition) is 4. The Hall–Kier alpha value is -3.22. The van der Waals surface area contributed by atoms with E-state index >= 15 is 0 Å². The molecule has 0 saturated heterocycles. The van der Waals surface area contributed by atoms with E-state index in [1.807, 2.05) is 37.3 Å². The fourth-order valence-corrected chi connectivity index (χ4v) is 2.45. The van der Waals surface area contributed by atoms with Crippen molar-refractivity contribution in [1.29, 1.82) is 0 Å². The molecule has 0 fully saturated rings. The fraction of sp³-hybridized carbons (Fsp3) is 0.263. The molecule has 1 atom stereocenters. The molecule has 1 unspecified atom stereocenters. The van der Waals surface area contributed by atoms with Gasteiger partial charge in [-0.1, -0.05) is 36.4 Å². The zero-order valence-corrected chi connectivity index (χ0v) is 14.5. The zero-order valence-electron chi connectivity index (χ0n) is 14.5.